The number of aliphatic hydroxyl groups is 1. The predicted molar refractivity (Wildman–Crippen MR) is 89.9 cm³/mol. The fourth-order valence-electron chi connectivity index (χ4n) is 5.53. The number of benzene rings is 1. The third-order valence-corrected chi connectivity index (χ3v) is 6.60. The molecule has 4 aliphatic carbocycles. The van der Waals surface area contributed by atoms with Crippen molar-refractivity contribution in [1.82, 2.24) is 5.32 Å². The lowest BCUT2D eigenvalue weighted by Crippen LogP contribution is -2.62. The molecule has 5 rings (SSSR count). The quantitative estimate of drug-likeness (QED) is 0.901. The van der Waals surface area contributed by atoms with E-state index in [2.05, 4.69) is 5.32 Å². The van der Waals surface area contributed by atoms with Crippen molar-refractivity contribution in [3.63, 3.8) is 0 Å². The molecule has 3 heteroatoms. The molecule has 0 heterocycles. The number of carbonyl (C=O) groups excluding carboxylic acids is 1. The summed E-state index contributed by atoms with van der Waals surface area (Å²) in [4.78, 5) is 13.0. The van der Waals surface area contributed by atoms with Crippen LogP contribution in [0.15, 0.2) is 30.3 Å². The van der Waals surface area contributed by atoms with Crippen LogP contribution in [0.4, 0.5) is 0 Å². The van der Waals surface area contributed by atoms with Crippen molar-refractivity contribution in [3.05, 3.63) is 35.9 Å². The second-order valence-electron chi connectivity index (χ2n) is 8.68. The summed E-state index contributed by atoms with van der Waals surface area (Å²) in [6, 6.07) is 10.3. The normalized spacial score (nSPS) is 38.6. The molecule has 0 saturated heterocycles. The standard InChI is InChI=1S/C20H27NO2/c1-19(2,16-6-4-3-5-7-16)18(22)21-17-14-8-13-9-15(17)12-20(23,10-13)11-14/h3-7,13-15,17,23H,8-12H2,1-2H3,(H,21,22)/t13?,14?,15?,17-,20+. The lowest BCUT2D eigenvalue weighted by Gasteiger charge is -2.58. The van der Waals surface area contributed by atoms with Crippen molar-refractivity contribution < 1.29 is 9.90 Å². The molecular formula is C20H27NO2. The first-order valence-electron chi connectivity index (χ1n) is 8.96. The molecule has 0 aliphatic heterocycles. The Morgan fingerprint density at radius 3 is 2.30 bits per heavy atom. The molecule has 23 heavy (non-hydrogen) atoms. The van der Waals surface area contributed by atoms with Crippen molar-refractivity contribution in [2.75, 3.05) is 0 Å². The van der Waals surface area contributed by atoms with Crippen LogP contribution in [0.25, 0.3) is 0 Å². The molecular weight excluding hydrogens is 286 g/mol. The molecule has 4 fully saturated rings. The summed E-state index contributed by atoms with van der Waals surface area (Å²) in [7, 11) is 0. The van der Waals surface area contributed by atoms with E-state index in [0.29, 0.717) is 17.8 Å². The highest BCUT2D eigenvalue weighted by atomic mass is 16.3. The Bertz CT molecular complexity index is 593. The van der Waals surface area contributed by atoms with Gasteiger partial charge in [0.1, 0.15) is 0 Å². The molecule has 1 aromatic rings. The van der Waals surface area contributed by atoms with Gasteiger partial charge in [-0.15, -0.1) is 0 Å². The van der Waals surface area contributed by atoms with Crippen molar-refractivity contribution >= 4 is 5.91 Å². The first kappa shape index (κ1) is 15.2. The van der Waals surface area contributed by atoms with E-state index in [9.17, 15) is 9.90 Å². The van der Waals surface area contributed by atoms with Gasteiger partial charge in [-0.3, -0.25) is 4.79 Å². The molecule has 0 aromatic heterocycles. The lowest BCUT2D eigenvalue weighted by molar-refractivity contribution is -0.148. The highest BCUT2D eigenvalue weighted by molar-refractivity contribution is 5.87. The Balaban J connectivity index is 1.51. The molecule has 0 radical (unpaired) electrons. The van der Waals surface area contributed by atoms with Gasteiger partial charge in [-0.2, -0.15) is 0 Å². The topological polar surface area (TPSA) is 49.3 Å². The van der Waals surface area contributed by atoms with E-state index in [1.165, 1.54) is 12.8 Å². The van der Waals surface area contributed by atoms with Gasteiger partial charge in [-0.1, -0.05) is 30.3 Å². The van der Waals surface area contributed by atoms with Crippen LogP contribution in [-0.4, -0.2) is 22.7 Å². The van der Waals surface area contributed by atoms with E-state index in [-0.39, 0.29) is 11.9 Å². The molecule has 2 atom stereocenters. The summed E-state index contributed by atoms with van der Waals surface area (Å²) in [6.07, 6.45) is 5.08. The van der Waals surface area contributed by atoms with Crippen LogP contribution in [0.5, 0.6) is 0 Å². The first-order chi connectivity index (χ1) is 10.9. The van der Waals surface area contributed by atoms with Crippen LogP contribution in [0.1, 0.15) is 51.5 Å². The van der Waals surface area contributed by atoms with Crippen LogP contribution >= 0.6 is 0 Å². The fourth-order valence-corrected chi connectivity index (χ4v) is 5.53. The number of hydrogen-bond acceptors (Lipinski definition) is 2. The number of rotatable bonds is 3. The highest BCUT2D eigenvalue weighted by Crippen LogP contribution is 2.55. The van der Waals surface area contributed by atoms with Crippen LogP contribution in [0, 0.1) is 17.8 Å². The van der Waals surface area contributed by atoms with Crippen molar-refractivity contribution in [2.24, 2.45) is 17.8 Å². The molecule has 4 bridgehead atoms. The third-order valence-electron chi connectivity index (χ3n) is 6.60. The zero-order valence-electron chi connectivity index (χ0n) is 14.1. The smallest absolute Gasteiger partial charge is 0.230 e. The van der Waals surface area contributed by atoms with Gasteiger partial charge in [-0.25, -0.2) is 0 Å². The van der Waals surface area contributed by atoms with Gasteiger partial charge in [0.25, 0.3) is 0 Å². The minimum Gasteiger partial charge on any atom is -0.390 e. The minimum absolute atomic E-state index is 0.119. The van der Waals surface area contributed by atoms with Gasteiger partial charge in [0.15, 0.2) is 0 Å². The average Bonchev–Trinajstić information content (AvgIpc) is 2.50. The first-order valence-corrected chi connectivity index (χ1v) is 8.96. The molecule has 4 aliphatic rings. The molecule has 124 valence electrons. The SMILES string of the molecule is CC(C)(C(=O)N[C@H]1C2CC3CC1C[C@@](O)(C3)C2)c1ccccc1. The van der Waals surface area contributed by atoms with Crippen LogP contribution < -0.4 is 5.32 Å². The van der Waals surface area contributed by atoms with E-state index >= 15 is 0 Å². The molecule has 3 nitrogen and oxygen atoms in total. The number of nitrogens with one attached hydrogen (secondary N) is 1. The maximum atomic E-state index is 13.0. The van der Waals surface area contributed by atoms with Crippen molar-refractivity contribution in [2.45, 2.75) is 63.0 Å². The summed E-state index contributed by atoms with van der Waals surface area (Å²) in [5.74, 6) is 1.71. The highest BCUT2D eigenvalue weighted by Gasteiger charge is 2.55. The van der Waals surface area contributed by atoms with E-state index in [0.717, 1.165) is 24.8 Å². The Morgan fingerprint density at radius 2 is 1.74 bits per heavy atom. The number of amides is 1. The number of hydrogen-bond donors (Lipinski definition) is 2. The van der Waals surface area contributed by atoms with Gasteiger partial charge < -0.3 is 10.4 Å². The van der Waals surface area contributed by atoms with Crippen molar-refractivity contribution in [3.8, 4) is 0 Å². The van der Waals surface area contributed by atoms with E-state index in [1.54, 1.807) is 0 Å². The summed E-state index contributed by atoms with van der Waals surface area (Å²) in [6.45, 7) is 4.00. The van der Waals surface area contributed by atoms with E-state index < -0.39 is 11.0 Å². The summed E-state index contributed by atoms with van der Waals surface area (Å²) >= 11 is 0. The monoisotopic (exact) mass is 313 g/mol. The molecule has 4 saturated carbocycles. The second-order valence-corrected chi connectivity index (χ2v) is 8.68. The minimum atomic E-state index is -0.521. The lowest BCUT2D eigenvalue weighted by atomic mass is 9.52. The van der Waals surface area contributed by atoms with Gasteiger partial charge in [0.2, 0.25) is 5.91 Å². The number of carbonyl (C=O) groups is 1. The third kappa shape index (κ3) is 2.50. The molecule has 1 aromatic carbocycles. The average molecular weight is 313 g/mol. The fraction of sp³-hybridized carbons (Fsp3) is 0.650. The Labute approximate surface area is 138 Å². The Hall–Kier alpha value is -1.35. The maximum Gasteiger partial charge on any atom is 0.230 e. The van der Waals surface area contributed by atoms with E-state index in [1.807, 2.05) is 44.2 Å². The van der Waals surface area contributed by atoms with Gasteiger partial charge in [0, 0.05) is 6.04 Å². The predicted octanol–water partition coefficient (Wildman–Crippen LogP) is 3.02. The summed E-state index contributed by atoms with van der Waals surface area (Å²) in [5.41, 5.74) is 0.0967. The molecule has 0 spiro atoms. The van der Waals surface area contributed by atoms with Crippen molar-refractivity contribution in [1.29, 1.82) is 0 Å². The Morgan fingerprint density at radius 1 is 1.13 bits per heavy atom. The maximum absolute atomic E-state index is 13.0. The van der Waals surface area contributed by atoms with Crippen LogP contribution in [0.3, 0.4) is 0 Å². The van der Waals surface area contributed by atoms with Gasteiger partial charge in [-0.05, 0) is 69.3 Å². The van der Waals surface area contributed by atoms with Crippen LogP contribution in [-0.2, 0) is 10.2 Å². The summed E-state index contributed by atoms with van der Waals surface area (Å²) < 4.78 is 0. The summed E-state index contributed by atoms with van der Waals surface area (Å²) in [5, 5.41) is 14.0. The Kier molecular flexibility index (Phi) is 3.35. The molecule has 2 N–H and O–H groups in total. The molecule has 2 unspecified atom stereocenters. The molecule has 1 amide bonds. The second kappa shape index (κ2) is 5.07. The van der Waals surface area contributed by atoms with Gasteiger partial charge >= 0.3 is 0 Å². The van der Waals surface area contributed by atoms with E-state index in [4.69, 9.17) is 0 Å². The zero-order chi connectivity index (χ0) is 16.2. The zero-order valence-corrected chi connectivity index (χ0v) is 14.1. The van der Waals surface area contributed by atoms with Gasteiger partial charge in [0.05, 0.1) is 11.0 Å². The largest absolute Gasteiger partial charge is 0.390 e. The van der Waals surface area contributed by atoms with Crippen LogP contribution in [0.2, 0.25) is 0 Å².